The number of hydrogen-bond acceptors (Lipinski definition) is 4. The van der Waals surface area contributed by atoms with Gasteiger partial charge in [0.2, 0.25) is 0 Å². The van der Waals surface area contributed by atoms with Gasteiger partial charge in [0.15, 0.2) is 6.79 Å². The number of carbonyl (C=O) groups is 1. The molecule has 0 unspecified atom stereocenters. The molecular weight excluding hydrogens is 110 g/mol. The van der Waals surface area contributed by atoms with Crippen molar-refractivity contribution in [2.75, 3.05) is 6.79 Å². The summed E-state index contributed by atoms with van der Waals surface area (Å²) in [6.45, 7) is 2.52. The molecule has 0 amide bonds. The van der Waals surface area contributed by atoms with Gasteiger partial charge in [-0.15, -0.1) is 0 Å². The van der Waals surface area contributed by atoms with Crippen LogP contribution in [-0.4, -0.2) is 17.9 Å². The van der Waals surface area contributed by atoms with E-state index in [0.29, 0.717) is 0 Å². The molecule has 0 fully saturated rings. The molecule has 4 nitrogen and oxygen atoms in total. The number of esters is 1. The summed E-state index contributed by atoms with van der Waals surface area (Å²) in [5, 5.41) is 7.88. The Morgan fingerprint density at radius 1 is 1.88 bits per heavy atom. The summed E-state index contributed by atoms with van der Waals surface area (Å²) in [7, 11) is 0. The number of rotatable bonds is 2. The van der Waals surface area contributed by atoms with Crippen molar-refractivity contribution in [1.29, 1.82) is 0 Å². The maximum absolute atomic E-state index is 9.91. The van der Waals surface area contributed by atoms with E-state index in [-0.39, 0.29) is 6.15 Å². The van der Waals surface area contributed by atoms with Crippen molar-refractivity contribution in [3.63, 3.8) is 0 Å². The van der Waals surface area contributed by atoms with Gasteiger partial charge in [0.25, 0.3) is 0 Å². The second kappa shape index (κ2) is 6.13. The van der Waals surface area contributed by atoms with E-state index in [4.69, 9.17) is 5.11 Å². The van der Waals surface area contributed by atoms with Gasteiger partial charge < -0.3 is 16.0 Å². The number of hydrogen-bond donors (Lipinski definition) is 2. The first-order valence-electron chi connectivity index (χ1n) is 1.71. The number of carbonyl (C=O) groups excluding carboxylic acids is 1. The molecule has 0 radical (unpaired) electrons. The highest BCUT2D eigenvalue weighted by Gasteiger charge is 1.87. The number of aliphatic hydroxyl groups is 1. The summed E-state index contributed by atoms with van der Waals surface area (Å²) in [5.41, 5.74) is 0. The second-order valence-corrected chi connectivity index (χ2v) is 0.797. The first kappa shape index (κ1) is 10.2. The van der Waals surface area contributed by atoms with E-state index < -0.39 is 12.8 Å². The van der Waals surface area contributed by atoms with Crippen molar-refractivity contribution in [3.05, 3.63) is 12.7 Å². The molecule has 0 aromatic heterocycles. The van der Waals surface area contributed by atoms with E-state index in [0.717, 1.165) is 6.08 Å². The van der Waals surface area contributed by atoms with Crippen molar-refractivity contribution < 1.29 is 14.6 Å². The zero-order valence-corrected chi connectivity index (χ0v) is 4.46. The molecule has 4 N–H and O–H groups in total. The van der Waals surface area contributed by atoms with Crippen LogP contribution in [0.1, 0.15) is 0 Å². The Kier molecular flexibility index (Phi) is 7.80. The predicted octanol–water partition coefficient (Wildman–Crippen LogP) is -0.173. The summed E-state index contributed by atoms with van der Waals surface area (Å²) < 4.78 is 3.99. The van der Waals surface area contributed by atoms with Crippen molar-refractivity contribution in [1.82, 2.24) is 6.15 Å². The Balaban J connectivity index is 0. The molecule has 0 heterocycles. The first-order valence-corrected chi connectivity index (χ1v) is 1.71. The van der Waals surface area contributed by atoms with Crippen molar-refractivity contribution >= 4 is 5.97 Å². The van der Waals surface area contributed by atoms with Crippen LogP contribution in [0.25, 0.3) is 0 Å². The molecule has 0 aromatic carbocycles. The van der Waals surface area contributed by atoms with Gasteiger partial charge in [0.1, 0.15) is 0 Å². The molecule has 0 bridgehead atoms. The maximum Gasteiger partial charge on any atom is 0.332 e. The third kappa shape index (κ3) is 5.13. The molecule has 0 saturated heterocycles. The average molecular weight is 119 g/mol. The monoisotopic (exact) mass is 119 g/mol. The normalized spacial score (nSPS) is 6.62. The van der Waals surface area contributed by atoms with Gasteiger partial charge in [0.05, 0.1) is 0 Å². The Morgan fingerprint density at radius 3 is 2.50 bits per heavy atom. The summed E-state index contributed by atoms with van der Waals surface area (Å²) in [5.74, 6) is -0.609. The Labute approximate surface area is 47.3 Å². The van der Waals surface area contributed by atoms with Gasteiger partial charge >= 0.3 is 5.97 Å². The maximum atomic E-state index is 9.91. The van der Waals surface area contributed by atoms with E-state index in [1.807, 2.05) is 0 Å². The van der Waals surface area contributed by atoms with Crippen LogP contribution in [0.4, 0.5) is 0 Å². The van der Waals surface area contributed by atoms with Crippen LogP contribution in [0.5, 0.6) is 0 Å². The number of ether oxygens (including phenoxy) is 1. The lowest BCUT2D eigenvalue weighted by atomic mass is 10.7. The SMILES string of the molecule is C=CC(=O)OCO.N. The molecule has 0 aliphatic carbocycles. The molecule has 0 atom stereocenters. The van der Waals surface area contributed by atoms with E-state index in [1.54, 1.807) is 0 Å². The lowest BCUT2D eigenvalue weighted by molar-refractivity contribution is -0.145. The summed E-state index contributed by atoms with van der Waals surface area (Å²) in [6, 6.07) is 0. The highest BCUT2D eigenvalue weighted by atomic mass is 16.6. The van der Waals surface area contributed by atoms with Gasteiger partial charge in [0, 0.05) is 6.08 Å². The standard InChI is InChI=1S/C4H6O3.H3N/c1-2-4(6)7-3-5;/h2,5H,1,3H2;1H3. The minimum atomic E-state index is -0.609. The van der Waals surface area contributed by atoms with Crippen LogP contribution < -0.4 is 6.15 Å². The third-order valence-electron chi connectivity index (χ3n) is 0.373. The van der Waals surface area contributed by atoms with E-state index in [9.17, 15) is 4.79 Å². The lowest BCUT2D eigenvalue weighted by Crippen LogP contribution is -1.99. The quantitative estimate of drug-likeness (QED) is 0.300. The van der Waals surface area contributed by atoms with Gasteiger partial charge in [-0.1, -0.05) is 6.58 Å². The van der Waals surface area contributed by atoms with Crippen LogP contribution in [0.15, 0.2) is 12.7 Å². The topological polar surface area (TPSA) is 81.5 Å². The Hall–Kier alpha value is -0.870. The average Bonchev–Trinajstić information content (AvgIpc) is 1.68. The molecule has 0 rings (SSSR count). The van der Waals surface area contributed by atoms with Crippen LogP contribution in [-0.2, 0) is 9.53 Å². The van der Waals surface area contributed by atoms with Crippen molar-refractivity contribution in [2.45, 2.75) is 0 Å². The molecule has 8 heavy (non-hydrogen) atoms. The Bertz CT molecular complexity index is 81.4. The molecule has 0 saturated carbocycles. The smallest absolute Gasteiger partial charge is 0.332 e. The van der Waals surface area contributed by atoms with Crippen molar-refractivity contribution in [3.8, 4) is 0 Å². The zero-order chi connectivity index (χ0) is 5.70. The van der Waals surface area contributed by atoms with Gasteiger partial charge in [-0.05, 0) is 0 Å². The molecule has 48 valence electrons. The number of aliphatic hydroxyl groups excluding tert-OH is 1. The summed E-state index contributed by atoms with van der Waals surface area (Å²) in [6.07, 6.45) is 0.982. The molecule has 4 heteroatoms. The lowest BCUT2D eigenvalue weighted by Gasteiger charge is -1.89. The molecule has 0 spiro atoms. The molecular formula is C4H9NO3. The van der Waals surface area contributed by atoms with Crippen LogP contribution in [0.2, 0.25) is 0 Å². The van der Waals surface area contributed by atoms with Crippen LogP contribution in [0.3, 0.4) is 0 Å². The summed E-state index contributed by atoms with van der Waals surface area (Å²) >= 11 is 0. The molecule has 0 aliphatic heterocycles. The molecule has 0 aromatic rings. The largest absolute Gasteiger partial charge is 0.436 e. The van der Waals surface area contributed by atoms with E-state index in [2.05, 4.69) is 11.3 Å². The van der Waals surface area contributed by atoms with Gasteiger partial charge in [-0.2, -0.15) is 0 Å². The predicted molar refractivity (Wildman–Crippen MR) is 28.4 cm³/mol. The fraction of sp³-hybridized carbons (Fsp3) is 0.250. The fourth-order valence-corrected chi connectivity index (χ4v) is 0.123. The zero-order valence-electron chi connectivity index (χ0n) is 4.46. The van der Waals surface area contributed by atoms with E-state index in [1.165, 1.54) is 0 Å². The molecule has 0 aliphatic rings. The van der Waals surface area contributed by atoms with Crippen LogP contribution in [0, 0.1) is 0 Å². The second-order valence-electron chi connectivity index (χ2n) is 0.797. The minimum Gasteiger partial charge on any atom is -0.436 e. The highest BCUT2D eigenvalue weighted by Crippen LogP contribution is 1.72. The van der Waals surface area contributed by atoms with Crippen LogP contribution >= 0.6 is 0 Å². The highest BCUT2D eigenvalue weighted by molar-refractivity contribution is 5.81. The van der Waals surface area contributed by atoms with E-state index >= 15 is 0 Å². The Morgan fingerprint density at radius 2 is 2.38 bits per heavy atom. The van der Waals surface area contributed by atoms with Crippen molar-refractivity contribution in [2.24, 2.45) is 0 Å². The van der Waals surface area contributed by atoms with Gasteiger partial charge in [-0.3, -0.25) is 0 Å². The minimum absolute atomic E-state index is 0. The van der Waals surface area contributed by atoms with Gasteiger partial charge in [-0.25, -0.2) is 4.79 Å². The third-order valence-corrected chi connectivity index (χ3v) is 0.373. The fourth-order valence-electron chi connectivity index (χ4n) is 0.123. The summed E-state index contributed by atoms with van der Waals surface area (Å²) in [4.78, 5) is 9.91. The first-order chi connectivity index (χ1) is 3.31.